The van der Waals surface area contributed by atoms with Gasteiger partial charge in [0.25, 0.3) is 0 Å². The van der Waals surface area contributed by atoms with Crippen molar-refractivity contribution in [2.45, 2.75) is 76.8 Å². The molecule has 1 unspecified atom stereocenters. The fourth-order valence-corrected chi connectivity index (χ4v) is 3.23. The summed E-state index contributed by atoms with van der Waals surface area (Å²) in [6.45, 7) is 11.7. The minimum absolute atomic E-state index is 0.107. The van der Waals surface area contributed by atoms with Gasteiger partial charge in [0.05, 0.1) is 11.2 Å². The van der Waals surface area contributed by atoms with E-state index in [1.807, 2.05) is 34.6 Å². The fourth-order valence-electron chi connectivity index (χ4n) is 3.23. The van der Waals surface area contributed by atoms with Crippen molar-refractivity contribution >= 4 is 0 Å². The van der Waals surface area contributed by atoms with Crippen LogP contribution in [0.25, 0.3) is 0 Å². The number of nitrogens with two attached hydrogens (primary N) is 1. The van der Waals surface area contributed by atoms with Gasteiger partial charge in [0, 0.05) is 31.6 Å². The van der Waals surface area contributed by atoms with E-state index in [1.165, 1.54) is 0 Å². The number of rotatable bonds is 5. The maximum absolute atomic E-state index is 12.4. The molecule has 0 radical (unpaired) electrons. The molecule has 0 saturated carbocycles. The number of hydrogen-bond donors (Lipinski definition) is 1. The summed E-state index contributed by atoms with van der Waals surface area (Å²) in [5.41, 5.74) is 4.81. The molecule has 3 nitrogen and oxygen atoms in total. The molecule has 1 rings (SSSR count). The lowest BCUT2D eigenvalue weighted by Crippen LogP contribution is -2.65. The Morgan fingerprint density at radius 3 is 1.90 bits per heavy atom. The van der Waals surface area contributed by atoms with Gasteiger partial charge in [-0.05, 0) is 47.5 Å². The SMILES string of the molecule is CC1(C)CN(C(C)(CN)CCCC(F)(F)F)CC(C)(C)O1. The summed E-state index contributed by atoms with van der Waals surface area (Å²) < 4.78 is 43.1. The van der Waals surface area contributed by atoms with Crippen molar-refractivity contribution in [1.82, 2.24) is 4.90 Å². The highest BCUT2D eigenvalue weighted by molar-refractivity contribution is 4.97. The van der Waals surface area contributed by atoms with Crippen molar-refractivity contribution in [3.63, 3.8) is 0 Å². The predicted octanol–water partition coefficient (Wildman–Crippen LogP) is 3.33. The van der Waals surface area contributed by atoms with Gasteiger partial charge < -0.3 is 10.5 Å². The van der Waals surface area contributed by atoms with Crippen LogP contribution in [0, 0.1) is 0 Å². The lowest BCUT2D eigenvalue weighted by atomic mass is 9.87. The van der Waals surface area contributed by atoms with Gasteiger partial charge in [0.2, 0.25) is 0 Å². The Kier molecular flexibility index (Phi) is 5.39. The number of halogens is 3. The lowest BCUT2D eigenvalue weighted by Gasteiger charge is -2.53. The van der Waals surface area contributed by atoms with Gasteiger partial charge >= 0.3 is 6.18 Å². The van der Waals surface area contributed by atoms with Crippen LogP contribution in [-0.4, -0.2) is 47.5 Å². The molecule has 6 heteroatoms. The standard InChI is InChI=1S/C15H29F3N2O/c1-12(2)10-20(11-13(3,4)21-12)14(5,9-19)7-6-8-15(16,17)18/h6-11,19H2,1-5H3. The first-order valence-electron chi connectivity index (χ1n) is 7.51. The van der Waals surface area contributed by atoms with Gasteiger partial charge in [-0.2, -0.15) is 13.2 Å². The Hall–Kier alpha value is -0.330. The third-order valence-corrected chi connectivity index (χ3v) is 4.07. The van der Waals surface area contributed by atoms with Crippen LogP contribution in [0.2, 0.25) is 0 Å². The highest BCUT2D eigenvalue weighted by atomic mass is 19.4. The van der Waals surface area contributed by atoms with E-state index in [1.54, 1.807) is 0 Å². The van der Waals surface area contributed by atoms with Gasteiger partial charge in [-0.25, -0.2) is 0 Å². The molecule has 126 valence electrons. The number of hydrogen-bond acceptors (Lipinski definition) is 3. The van der Waals surface area contributed by atoms with E-state index in [-0.39, 0.29) is 17.6 Å². The summed E-state index contributed by atoms with van der Waals surface area (Å²) >= 11 is 0. The molecule has 0 bridgehead atoms. The molecule has 1 atom stereocenters. The van der Waals surface area contributed by atoms with Crippen molar-refractivity contribution in [1.29, 1.82) is 0 Å². The molecular formula is C15H29F3N2O. The van der Waals surface area contributed by atoms with E-state index in [0.717, 1.165) is 0 Å². The van der Waals surface area contributed by atoms with Crippen LogP contribution >= 0.6 is 0 Å². The van der Waals surface area contributed by atoms with Crippen molar-refractivity contribution in [2.75, 3.05) is 19.6 Å². The van der Waals surface area contributed by atoms with Crippen LogP contribution in [-0.2, 0) is 4.74 Å². The van der Waals surface area contributed by atoms with E-state index in [4.69, 9.17) is 10.5 Å². The molecule has 0 aromatic carbocycles. The average molecular weight is 310 g/mol. The summed E-state index contributed by atoms with van der Waals surface area (Å²) in [5.74, 6) is 0. The maximum atomic E-state index is 12.4. The molecule has 1 aliphatic heterocycles. The molecule has 0 spiro atoms. The minimum Gasteiger partial charge on any atom is -0.367 e. The van der Waals surface area contributed by atoms with E-state index in [9.17, 15) is 13.2 Å². The summed E-state index contributed by atoms with van der Waals surface area (Å²) in [6, 6.07) is 0. The lowest BCUT2D eigenvalue weighted by molar-refractivity contribution is -0.199. The zero-order chi connectivity index (χ0) is 16.5. The summed E-state index contributed by atoms with van der Waals surface area (Å²) in [6.07, 6.45) is -4.30. The maximum Gasteiger partial charge on any atom is 0.389 e. The quantitative estimate of drug-likeness (QED) is 0.846. The molecule has 1 fully saturated rings. The first kappa shape index (κ1) is 18.7. The second-order valence-corrected chi connectivity index (χ2v) is 7.65. The molecule has 1 heterocycles. The van der Waals surface area contributed by atoms with E-state index >= 15 is 0 Å². The Bertz CT molecular complexity index is 339. The van der Waals surface area contributed by atoms with Gasteiger partial charge in [0.1, 0.15) is 0 Å². The van der Waals surface area contributed by atoms with E-state index in [2.05, 4.69) is 4.90 Å². The van der Waals surface area contributed by atoms with Crippen LogP contribution in [0.3, 0.4) is 0 Å². The van der Waals surface area contributed by atoms with Crippen molar-refractivity contribution in [3.8, 4) is 0 Å². The highest BCUT2D eigenvalue weighted by Crippen LogP contribution is 2.35. The van der Waals surface area contributed by atoms with Crippen LogP contribution < -0.4 is 5.73 Å². The summed E-state index contributed by atoms with van der Waals surface area (Å²) in [7, 11) is 0. The van der Waals surface area contributed by atoms with Crippen LogP contribution in [0.4, 0.5) is 13.2 Å². The van der Waals surface area contributed by atoms with Crippen LogP contribution in [0.5, 0.6) is 0 Å². The molecule has 0 amide bonds. The number of nitrogens with zero attached hydrogens (tertiary/aromatic N) is 1. The zero-order valence-corrected chi connectivity index (χ0v) is 13.8. The van der Waals surface area contributed by atoms with Crippen molar-refractivity contribution in [3.05, 3.63) is 0 Å². The third kappa shape index (κ3) is 5.75. The van der Waals surface area contributed by atoms with Gasteiger partial charge in [0.15, 0.2) is 0 Å². The van der Waals surface area contributed by atoms with Crippen LogP contribution in [0.15, 0.2) is 0 Å². The first-order chi connectivity index (χ1) is 9.29. The summed E-state index contributed by atoms with van der Waals surface area (Å²) in [5, 5.41) is 0. The Morgan fingerprint density at radius 2 is 1.52 bits per heavy atom. The molecule has 0 aliphatic carbocycles. The molecule has 21 heavy (non-hydrogen) atoms. The van der Waals surface area contributed by atoms with Gasteiger partial charge in [-0.1, -0.05) is 0 Å². The summed E-state index contributed by atoms with van der Waals surface area (Å²) in [4.78, 5) is 2.20. The normalized spacial score (nSPS) is 25.6. The topological polar surface area (TPSA) is 38.5 Å². The highest BCUT2D eigenvalue weighted by Gasteiger charge is 2.44. The molecule has 0 aromatic heterocycles. The number of morpholine rings is 1. The van der Waals surface area contributed by atoms with Crippen molar-refractivity contribution < 1.29 is 17.9 Å². The van der Waals surface area contributed by atoms with Crippen molar-refractivity contribution in [2.24, 2.45) is 5.73 Å². The molecule has 1 saturated heterocycles. The van der Waals surface area contributed by atoms with Gasteiger partial charge in [-0.15, -0.1) is 0 Å². The van der Waals surface area contributed by atoms with E-state index < -0.39 is 18.1 Å². The molecular weight excluding hydrogens is 281 g/mol. The van der Waals surface area contributed by atoms with Crippen LogP contribution in [0.1, 0.15) is 53.9 Å². The first-order valence-corrected chi connectivity index (χ1v) is 7.51. The second-order valence-electron chi connectivity index (χ2n) is 7.65. The number of ether oxygens (including phenoxy) is 1. The molecule has 0 aromatic rings. The third-order valence-electron chi connectivity index (χ3n) is 4.07. The largest absolute Gasteiger partial charge is 0.389 e. The molecule has 1 aliphatic rings. The monoisotopic (exact) mass is 310 g/mol. The zero-order valence-electron chi connectivity index (χ0n) is 13.8. The Balaban J connectivity index is 2.77. The van der Waals surface area contributed by atoms with Gasteiger partial charge in [-0.3, -0.25) is 4.90 Å². The number of alkyl halides is 3. The Morgan fingerprint density at radius 1 is 1.05 bits per heavy atom. The Labute approximate surface area is 126 Å². The smallest absolute Gasteiger partial charge is 0.367 e. The fraction of sp³-hybridized carbons (Fsp3) is 1.00. The second kappa shape index (κ2) is 6.05. The minimum atomic E-state index is -4.10. The van der Waals surface area contributed by atoms with E-state index in [0.29, 0.717) is 26.1 Å². The predicted molar refractivity (Wildman–Crippen MR) is 78.2 cm³/mol. The molecule has 2 N–H and O–H groups in total. The average Bonchev–Trinajstić information content (AvgIpc) is 2.22.